The maximum atomic E-state index is 14.0. The second-order valence-electron chi connectivity index (χ2n) is 10.7. The van der Waals surface area contributed by atoms with Gasteiger partial charge < -0.3 is 20.5 Å². The number of hydrogen-bond acceptors (Lipinski definition) is 5. The van der Waals surface area contributed by atoms with Crippen LogP contribution in [0.15, 0.2) is 78.9 Å². The largest absolute Gasteiger partial charge is 0.465 e. The first-order valence-electron chi connectivity index (χ1n) is 13.8. The molecule has 0 saturated heterocycles. The highest BCUT2D eigenvalue weighted by molar-refractivity contribution is 7.92. The third kappa shape index (κ3) is 9.98. The summed E-state index contributed by atoms with van der Waals surface area (Å²) >= 11 is 0. The molecular formula is C31H36F3N3O6S. The van der Waals surface area contributed by atoms with Gasteiger partial charge in [-0.3, -0.25) is 9.10 Å². The van der Waals surface area contributed by atoms with Gasteiger partial charge in [0.15, 0.2) is 6.04 Å². The van der Waals surface area contributed by atoms with Crippen LogP contribution in [0.2, 0.25) is 0 Å². The Bertz CT molecular complexity index is 1520. The zero-order chi connectivity index (χ0) is 32.5. The first kappa shape index (κ1) is 34.4. The fraction of sp³-hybridized carbons (Fsp3) is 0.355. The number of ether oxygens (including phenoxy) is 1. The molecule has 0 aromatic heterocycles. The van der Waals surface area contributed by atoms with Gasteiger partial charge in [-0.25, -0.2) is 13.2 Å². The highest BCUT2D eigenvalue weighted by Crippen LogP contribution is 2.33. The zero-order valence-electron chi connectivity index (χ0n) is 24.6. The SMILES string of the molecule is CCCN(c1cc(COCC(C)(Cc2ccccc2)NC(=O)O)cc(C(=O)NC(c2ccccc2)C(F)(F)F)c1)S(C)(=O)=O. The molecule has 2 unspecified atom stereocenters. The molecule has 238 valence electrons. The Morgan fingerprint density at radius 2 is 1.59 bits per heavy atom. The summed E-state index contributed by atoms with van der Waals surface area (Å²) in [6, 6.07) is 17.8. The fourth-order valence-corrected chi connectivity index (χ4v) is 5.77. The predicted octanol–water partition coefficient (Wildman–Crippen LogP) is 5.68. The molecule has 0 fully saturated rings. The van der Waals surface area contributed by atoms with Crippen LogP contribution in [0.1, 0.15) is 53.4 Å². The van der Waals surface area contributed by atoms with Crippen LogP contribution in [0.5, 0.6) is 0 Å². The van der Waals surface area contributed by atoms with Crippen LogP contribution in [0.3, 0.4) is 0 Å². The number of carbonyl (C=O) groups excluding carboxylic acids is 1. The van der Waals surface area contributed by atoms with Gasteiger partial charge in [0, 0.05) is 12.1 Å². The summed E-state index contributed by atoms with van der Waals surface area (Å²) in [5.74, 6) is -1.06. The Kier molecular flexibility index (Phi) is 11.4. The van der Waals surface area contributed by atoms with Crippen molar-refractivity contribution >= 4 is 27.7 Å². The van der Waals surface area contributed by atoms with Gasteiger partial charge in [0.05, 0.1) is 30.7 Å². The summed E-state index contributed by atoms with van der Waals surface area (Å²) in [4.78, 5) is 24.8. The van der Waals surface area contributed by atoms with E-state index in [0.717, 1.165) is 16.1 Å². The highest BCUT2D eigenvalue weighted by Gasteiger charge is 2.42. The molecule has 0 aliphatic rings. The molecule has 13 heteroatoms. The number of carboxylic acid groups (broad SMARTS) is 1. The number of amides is 2. The van der Waals surface area contributed by atoms with Crippen molar-refractivity contribution in [1.29, 1.82) is 0 Å². The lowest BCUT2D eigenvalue weighted by Crippen LogP contribution is -2.50. The molecule has 44 heavy (non-hydrogen) atoms. The van der Waals surface area contributed by atoms with Crippen LogP contribution in [-0.4, -0.2) is 56.6 Å². The maximum absolute atomic E-state index is 14.0. The van der Waals surface area contributed by atoms with Gasteiger partial charge in [0.1, 0.15) is 0 Å². The number of benzene rings is 3. The molecular weight excluding hydrogens is 599 g/mol. The lowest BCUT2D eigenvalue weighted by Gasteiger charge is -2.30. The quantitative estimate of drug-likeness (QED) is 0.209. The molecule has 9 nitrogen and oxygen atoms in total. The van der Waals surface area contributed by atoms with E-state index < -0.39 is 39.8 Å². The van der Waals surface area contributed by atoms with Crippen molar-refractivity contribution in [2.24, 2.45) is 0 Å². The topological polar surface area (TPSA) is 125 Å². The van der Waals surface area contributed by atoms with Crippen molar-refractivity contribution in [3.63, 3.8) is 0 Å². The lowest BCUT2D eigenvalue weighted by molar-refractivity contribution is -0.155. The second-order valence-corrected chi connectivity index (χ2v) is 12.6. The van der Waals surface area contributed by atoms with Gasteiger partial charge in [0.25, 0.3) is 5.91 Å². The van der Waals surface area contributed by atoms with Gasteiger partial charge >= 0.3 is 12.3 Å². The summed E-state index contributed by atoms with van der Waals surface area (Å²) in [7, 11) is -3.81. The summed E-state index contributed by atoms with van der Waals surface area (Å²) < 4.78 is 74.1. The smallest absolute Gasteiger partial charge is 0.412 e. The Labute approximate surface area is 255 Å². The molecule has 0 radical (unpaired) electrons. The molecule has 0 aliphatic carbocycles. The number of rotatable bonds is 14. The number of anilines is 1. The Morgan fingerprint density at radius 3 is 2.14 bits per heavy atom. The van der Waals surface area contributed by atoms with E-state index in [9.17, 15) is 36.3 Å². The summed E-state index contributed by atoms with van der Waals surface area (Å²) in [5.41, 5.74) is -0.180. The van der Waals surface area contributed by atoms with E-state index in [1.54, 1.807) is 19.9 Å². The predicted molar refractivity (Wildman–Crippen MR) is 161 cm³/mol. The van der Waals surface area contributed by atoms with Crippen LogP contribution in [0, 0.1) is 0 Å². The van der Waals surface area contributed by atoms with E-state index in [1.807, 2.05) is 35.6 Å². The van der Waals surface area contributed by atoms with E-state index >= 15 is 0 Å². The van der Waals surface area contributed by atoms with Crippen LogP contribution in [0.25, 0.3) is 0 Å². The third-order valence-electron chi connectivity index (χ3n) is 6.63. The fourth-order valence-electron chi connectivity index (χ4n) is 4.77. The molecule has 0 bridgehead atoms. The van der Waals surface area contributed by atoms with E-state index in [4.69, 9.17) is 4.74 Å². The minimum absolute atomic E-state index is 0.0665. The summed E-state index contributed by atoms with van der Waals surface area (Å²) in [6.45, 7) is 3.20. The van der Waals surface area contributed by atoms with Gasteiger partial charge in [-0.1, -0.05) is 67.6 Å². The summed E-state index contributed by atoms with van der Waals surface area (Å²) in [6.07, 6.45) is -4.34. The van der Waals surface area contributed by atoms with Gasteiger partial charge in [0.2, 0.25) is 10.0 Å². The Balaban J connectivity index is 1.94. The van der Waals surface area contributed by atoms with E-state index in [2.05, 4.69) is 5.32 Å². The molecule has 3 N–H and O–H groups in total. The number of halogens is 3. The van der Waals surface area contributed by atoms with Crippen LogP contribution >= 0.6 is 0 Å². The molecule has 0 saturated carbocycles. The molecule has 3 aromatic carbocycles. The standard InChI is InChI=1S/C31H36F3N3O6S/c1-4-15-37(44(3,41)42)26-17-23(20-43-21-30(2,36-29(39)40)19-22-11-7-5-8-12-22)16-25(18-26)28(38)35-27(31(32,33)34)24-13-9-6-10-14-24/h5-14,16-18,27,36H,4,15,19-21H2,1-3H3,(H,35,38)(H,39,40). The zero-order valence-corrected chi connectivity index (χ0v) is 25.4. The summed E-state index contributed by atoms with van der Waals surface area (Å²) in [5, 5.41) is 13.9. The third-order valence-corrected chi connectivity index (χ3v) is 7.82. The van der Waals surface area contributed by atoms with Crippen molar-refractivity contribution in [2.75, 3.05) is 23.7 Å². The minimum Gasteiger partial charge on any atom is -0.465 e. The van der Waals surface area contributed by atoms with Crippen LogP contribution in [-0.2, 0) is 27.8 Å². The van der Waals surface area contributed by atoms with E-state index in [-0.39, 0.29) is 36.6 Å². The van der Waals surface area contributed by atoms with Crippen LogP contribution in [0.4, 0.5) is 23.7 Å². The normalized spacial score (nSPS) is 13.9. The van der Waals surface area contributed by atoms with E-state index in [0.29, 0.717) is 18.4 Å². The van der Waals surface area contributed by atoms with Crippen molar-refractivity contribution < 1.29 is 41.0 Å². The van der Waals surface area contributed by atoms with Crippen molar-refractivity contribution in [3.8, 4) is 0 Å². The van der Waals surface area contributed by atoms with Crippen molar-refractivity contribution in [2.45, 2.75) is 51.1 Å². The van der Waals surface area contributed by atoms with Gasteiger partial charge in [-0.2, -0.15) is 13.2 Å². The number of alkyl halides is 3. The number of nitrogens with one attached hydrogen (secondary N) is 2. The Hall–Kier alpha value is -4.10. The van der Waals surface area contributed by atoms with Crippen molar-refractivity contribution in [1.82, 2.24) is 10.6 Å². The average Bonchev–Trinajstić information content (AvgIpc) is 2.93. The van der Waals surface area contributed by atoms with Gasteiger partial charge in [-0.15, -0.1) is 0 Å². The first-order valence-corrected chi connectivity index (χ1v) is 15.6. The van der Waals surface area contributed by atoms with Crippen molar-refractivity contribution in [3.05, 3.63) is 101 Å². The molecule has 2 atom stereocenters. The average molecular weight is 636 g/mol. The number of hydrogen-bond donors (Lipinski definition) is 3. The monoisotopic (exact) mass is 635 g/mol. The molecule has 3 aromatic rings. The number of sulfonamides is 1. The molecule has 2 amide bonds. The number of carbonyl (C=O) groups is 2. The molecule has 0 spiro atoms. The Morgan fingerprint density at radius 1 is 0.977 bits per heavy atom. The van der Waals surface area contributed by atoms with Gasteiger partial charge in [-0.05, 0) is 54.7 Å². The first-order chi connectivity index (χ1) is 20.6. The molecule has 0 aliphatic heterocycles. The number of nitrogens with zero attached hydrogens (tertiary/aromatic N) is 1. The minimum atomic E-state index is -4.80. The lowest BCUT2D eigenvalue weighted by atomic mass is 9.93. The molecule has 3 rings (SSSR count). The maximum Gasteiger partial charge on any atom is 0.412 e. The molecule has 0 heterocycles. The van der Waals surface area contributed by atoms with E-state index in [1.165, 1.54) is 42.5 Å². The second kappa shape index (κ2) is 14.6. The highest BCUT2D eigenvalue weighted by atomic mass is 32.2. The van der Waals surface area contributed by atoms with Crippen LogP contribution < -0.4 is 14.9 Å².